The highest BCUT2D eigenvalue weighted by molar-refractivity contribution is 5.93. The van der Waals surface area contributed by atoms with E-state index >= 15 is 0 Å². The second kappa shape index (κ2) is 19.2. The Labute approximate surface area is 357 Å². The summed E-state index contributed by atoms with van der Waals surface area (Å²) in [6.45, 7) is 11.7. The minimum atomic E-state index is -1.28. The van der Waals surface area contributed by atoms with Crippen molar-refractivity contribution in [1.82, 2.24) is 16.0 Å². The topological polar surface area (TPSA) is 152 Å². The largest absolute Gasteiger partial charge is 0.488 e. The number of carboxylic acids is 1. The van der Waals surface area contributed by atoms with Crippen molar-refractivity contribution in [2.75, 3.05) is 6.61 Å². The highest BCUT2D eigenvalue weighted by atomic mass is 16.5. The molecule has 0 spiro atoms. The van der Waals surface area contributed by atoms with Crippen LogP contribution in [-0.4, -0.2) is 64.9 Å². The van der Waals surface area contributed by atoms with Gasteiger partial charge in [-0.25, -0.2) is 9.59 Å². The van der Waals surface area contributed by atoms with Crippen molar-refractivity contribution in [2.24, 2.45) is 0 Å². The molecule has 0 unspecified atom stereocenters. The van der Waals surface area contributed by atoms with Crippen LogP contribution < -0.4 is 25.4 Å². The Hall–Kier alpha value is -6.62. The molecular formula is C50H55N3O8. The van der Waals surface area contributed by atoms with Crippen LogP contribution >= 0.6 is 0 Å². The molecule has 11 nitrogen and oxygen atoms in total. The molecule has 0 radical (unpaired) electrons. The molecule has 1 aliphatic carbocycles. The quantitative estimate of drug-likeness (QED) is 0.0781. The predicted octanol–water partition coefficient (Wildman–Crippen LogP) is 8.03. The molecule has 5 aromatic carbocycles. The monoisotopic (exact) mass is 825 g/mol. The number of carboxylic acid groups (broad SMARTS) is 1. The van der Waals surface area contributed by atoms with Crippen molar-refractivity contribution >= 4 is 23.9 Å². The molecule has 5 aromatic rings. The van der Waals surface area contributed by atoms with E-state index in [1.165, 1.54) is 0 Å². The normalized spacial score (nSPS) is 13.7. The average molecular weight is 826 g/mol. The van der Waals surface area contributed by atoms with Gasteiger partial charge >= 0.3 is 12.1 Å². The number of rotatable bonds is 16. The van der Waals surface area contributed by atoms with Crippen LogP contribution in [0, 0.1) is 0 Å². The average Bonchev–Trinajstić information content (AvgIpc) is 3.53. The Bertz CT molecular complexity index is 2250. The maximum absolute atomic E-state index is 14.4. The second-order valence-corrected chi connectivity index (χ2v) is 17.3. The number of carbonyl (C=O) groups excluding carboxylic acids is 3. The molecule has 1 aliphatic rings. The summed E-state index contributed by atoms with van der Waals surface area (Å²) in [5, 5.41) is 18.4. The van der Waals surface area contributed by atoms with E-state index in [2.05, 4.69) is 16.0 Å². The number of hydrogen-bond donors (Lipinski definition) is 4. The Kier molecular flexibility index (Phi) is 13.8. The highest BCUT2D eigenvalue weighted by Gasteiger charge is 2.33. The molecule has 61 heavy (non-hydrogen) atoms. The lowest BCUT2D eigenvalue weighted by molar-refractivity contribution is -0.142. The molecule has 4 N–H and O–H groups in total. The van der Waals surface area contributed by atoms with Crippen LogP contribution in [-0.2, 0) is 38.4 Å². The molecular weight excluding hydrogens is 771 g/mol. The number of benzene rings is 5. The van der Waals surface area contributed by atoms with Crippen molar-refractivity contribution < 1.29 is 38.5 Å². The Morgan fingerprint density at radius 1 is 0.525 bits per heavy atom. The molecule has 318 valence electrons. The Morgan fingerprint density at radius 3 is 1.38 bits per heavy atom. The Balaban J connectivity index is 1.24. The van der Waals surface area contributed by atoms with Crippen molar-refractivity contribution in [3.8, 4) is 22.6 Å². The van der Waals surface area contributed by atoms with Crippen molar-refractivity contribution in [3.05, 3.63) is 155 Å². The first-order valence-corrected chi connectivity index (χ1v) is 20.6. The van der Waals surface area contributed by atoms with E-state index in [4.69, 9.17) is 14.2 Å². The van der Waals surface area contributed by atoms with Crippen molar-refractivity contribution in [1.29, 1.82) is 0 Å². The number of amides is 3. The molecule has 6 rings (SSSR count). The fourth-order valence-electron chi connectivity index (χ4n) is 7.36. The van der Waals surface area contributed by atoms with Gasteiger partial charge in [0.25, 0.3) is 0 Å². The first-order valence-electron chi connectivity index (χ1n) is 20.6. The van der Waals surface area contributed by atoms with Crippen LogP contribution in [0.4, 0.5) is 4.79 Å². The van der Waals surface area contributed by atoms with Crippen LogP contribution in [0.15, 0.2) is 127 Å². The van der Waals surface area contributed by atoms with Gasteiger partial charge in [-0.2, -0.15) is 0 Å². The molecule has 0 bridgehead atoms. The summed E-state index contributed by atoms with van der Waals surface area (Å²) in [6, 6.07) is 35.6. The summed E-state index contributed by atoms with van der Waals surface area (Å²) in [7, 11) is 0. The molecule has 0 heterocycles. The first-order chi connectivity index (χ1) is 29.0. The summed E-state index contributed by atoms with van der Waals surface area (Å²) in [5.74, 6) is -1.52. The van der Waals surface area contributed by atoms with Crippen LogP contribution in [0.3, 0.4) is 0 Å². The Morgan fingerprint density at radius 2 is 0.918 bits per heavy atom. The fourth-order valence-corrected chi connectivity index (χ4v) is 7.36. The molecule has 0 fully saturated rings. The van der Waals surface area contributed by atoms with Gasteiger partial charge in [-0.15, -0.1) is 0 Å². The van der Waals surface area contributed by atoms with E-state index < -0.39 is 53.2 Å². The van der Waals surface area contributed by atoms with Gasteiger partial charge in [0.05, 0.1) is 0 Å². The van der Waals surface area contributed by atoms with Crippen LogP contribution in [0.5, 0.6) is 11.5 Å². The minimum Gasteiger partial charge on any atom is -0.488 e. The van der Waals surface area contributed by atoms with Gasteiger partial charge in [0.1, 0.15) is 47.4 Å². The standard InChI is InChI=1S/C50H55N3O8/c1-49(2,3)60-35-24-20-33(21-25-35)28-42(45(54)52-44(47(56)57)30-32-14-8-7-9-15-32)51-46(55)43(29-34-22-26-36(27-23-34)61-50(4,5)6)53-48(58)59-31-41-39-18-12-10-16-37(39)38-17-11-13-19-40(38)41/h7-27,41-44H,28-31H2,1-6H3,(H,51,55)(H,52,54)(H,53,58)(H,56,57)/t42-,43-,44+/m0/s1. The van der Waals surface area contributed by atoms with Gasteiger partial charge in [-0.05, 0) is 105 Å². The zero-order valence-electron chi connectivity index (χ0n) is 35.6. The number of carbonyl (C=O) groups is 4. The zero-order chi connectivity index (χ0) is 43.7. The van der Waals surface area contributed by atoms with Gasteiger partial charge < -0.3 is 35.3 Å². The maximum Gasteiger partial charge on any atom is 0.407 e. The predicted molar refractivity (Wildman–Crippen MR) is 235 cm³/mol. The molecule has 3 amide bonds. The molecule has 0 aromatic heterocycles. The molecule has 3 atom stereocenters. The lowest BCUT2D eigenvalue weighted by atomic mass is 9.98. The molecule has 0 saturated heterocycles. The van der Waals surface area contributed by atoms with E-state index in [0.29, 0.717) is 22.6 Å². The molecule has 11 heteroatoms. The summed E-state index contributed by atoms with van der Waals surface area (Å²) < 4.78 is 17.8. The fraction of sp³-hybridized carbons (Fsp3) is 0.320. The van der Waals surface area contributed by atoms with Crippen LogP contribution in [0.25, 0.3) is 11.1 Å². The smallest absolute Gasteiger partial charge is 0.407 e. The number of hydrogen-bond acceptors (Lipinski definition) is 7. The third-order valence-electron chi connectivity index (χ3n) is 10.1. The maximum atomic E-state index is 14.4. The number of nitrogens with one attached hydrogen (secondary N) is 3. The van der Waals surface area contributed by atoms with Crippen LogP contribution in [0.2, 0.25) is 0 Å². The third-order valence-corrected chi connectivity index (χ3v) is 10.1. The highest BCUT2D eigenvalue weighted by Crippen LogP contribution is 2.44. The van der Waals surface area contributed by atoms with Gasteiger partial charge in [0.2, 0.25) is 11.8 Å². The molecule has 0 aliphatic heterocycles. The number of ether oxygens (including phenoxy) is 3. The number of fused-ring (bicyclic) bond motifs is 3. The zero-order valence-corrected chi connectivity index (χ0v) is 35.6. The van der Waals surface area contributed by atoms with E-state index in [9.17, 15) is 24.3 Å². The van der Waals surface area contributed by atoms with Crippen molar-refractivity contribution in [3.63, 3.8) is 0 Å². The van der Waals surface area contributed by atoms with E-state index in [-0.39, 0.29) is 31.8 Å². The van der Waals surface area contributed by atoms with Crippen molar-refractivity contribution in [2.45, 2.75) is 96.1 Å². The van der Waals surface area contributed by atoms with E-state index in [1.54, 1.807) is 60.7 Å². The van der Waals surface area contributed by atoms with Gasteiger partial charge in [-0.1, -0.05) is 103 Å². The summed E-state index contributed by atoms with van der Waals surface area (Å²) in [6.07, 6.45) is -0.715. The molecule has 0 saturated carbocycles. The number of alkyl carbamates (subject to hydrolysis) is 1. The van der Waals surface area contributed by atoms with E-state index in [1.807, 2.05) is 108 Å². The van der Waals surface area contributed by atoms with Gasteiger partial charge in [-0.3, -0.25) is 9.59 Å². The van der Waals surface area contributed by atoms with Gasteiger partial charge in [0, 0.05) is 25.2 Å². The lowest BCUT2D eigenvalue weighted by Crippen LogP contribution is -2.57. The lowest BCUT2D eigenvalue weighted by Gasteiger charge is -2.25. The summed E-state index contributed by atoms with van der Waals surface area (Å²) in [5.41, 5.74) is 5.51. The first kappa shape index (κ1) is 43.9. The minimum absolute atomic E-state index is 0.0154. The third kappa shape index (κ3) is 12.5. The summed E-state index contributed by atoms with van der Waals surface area (Å²) in [4.78, 5) is 54.7. The van der Waals surface area contributed by atoms with Crippen LogP contribution in [0.1, 0.15) is 75.3 Å². The summed E-state index contributed by atoms with van der Waals surface area (Å²) >= 11 is 0. The van der Waals surface area contributed by atoms with Gasteiger partial charge in [0.15, 0.2) is 0 Å². The number of aliphatic carboxylic acids is 1. The second-order valence-electron chi connectivity index (χ2n) is 17.3. The van der Waals surface area contributed by atoms with E-state index in [0.717, 1.165) is 27.8 Å². The SMILES string of the molecule is CC(C)(C)Oc1ccc(C[C@H](NC(=O)OCC2c3ccccc3-c3ccccc32)C(=O)N[C@@H](Cc2ccc(OC(C)(C)C)cc2)C(=O)N[C@H](Cc2ccccc2)C(=O)O)cc1.